The highest BCUT2D eigenvalue weighted by atomic mass is 79.9. The fourth-order valence-electron chi connectivity index (χ4n) is 1.70. The van der Waals surface area contributed by atoms with Gasteiger partial charge in [-0.15, -0.1) is 11.3 Å². The lowest BCUT2D eigenvalue weighted by atomic mass is 10.1. The van der Waals surface area contributed by atoms with Crippen molar-refractivity contribution in [3.63, 3.8) is 0 Å². The lowest BCUT2D eigenvalue weighted by molar-refractivity contribution is 0.0993. The number of carbonyl (C=O) groups excluding carboxylic acids is 1. The Morgan fingerprint density at radius 3 is 2.78 bits per heavy atom. The lowest BCUT2D eigenvalue weighted by Crippen LogP contribution is -2.03. The van der Waals surface area contributed by atoms with Crippen molar-refractivity contribution >= 4 is 33.0 Å². The van der Waals surface area contributed by atoms with Gasteiger partial charge in [-0.2, -0.15) is 0 Å². The number of carbonyl (C=O) groups is 1. The molecule has 94 valence electrons. The topological polar surface area (TPSA) is 26.3 Å². The van der Waals surface area contributed by atoms with Gasteiger partial charge in [0.1, 0.15) is 5.75 Å². The maximum absolute atomic E-state index is 12.1. The molecule has 2 aromatic rings. The van der Waals surface area contributed by atoms with Gasteiger partial charge in [-0.05, 0) is 40.5 Å². The molecule has 2 nitrogen and oxygen atoms in total. The van der Waals surface area contributed by atoms with Gasteiger partial charge in [0.15, 0.2) is 5.78 Å². The molecule has 0 amide bonds. The first kappa shape index (κ1) is 13.3. The van der Waals surface area contributed by atoms with Gasteiger partial charge in [0.2, 0.25) is 0 Å². The zero-order valence-electron chi connectivity index (χ0n) is 10.2. The summed E-state index contributed by atoms with van der Waals surface area (Å²) in [6.45, 7) is 1.96. The average molecular weight is 325 g/mol. The Morgan fingerprint density at radius 2 is 2.17 bits per heavy atom. The summed E-state index contributed by atoms with van der Waals surface area (Å²) in [5, 5.41) is 1.98. The minimum absolute atomic E-state index is 0.114. The van der Waals surface area contributed by atoms with Gasteiger partial charge < -0.3 is 4.74 Å². The summed E-state index contributed by atoms with van der Waals surface area (Å²) in [7, 11) is 1.62. The molecule has 0 spiro atoms. The second-order valence-electron chi connectivity index (χ2n) is 4.02. The number of thiophene rings is 1. The van der Waals surface area contributed by atoms with E-state index in [-0.39, 0.29) is 5.78 Å². The molecular formula is C14H13BrO2S. The number of methoxy groups -OCH3 is 1. The molecule has 0 bridgehead atoms. The quantitative estimate of drug-likeness (QED) is 0.786. The zero-order chi connectivity index (χ0) is 13.1. The molecule has 0 radical (unpaired) electrons. The molecule has 0 unspecified atom stereocenters. The second-order valence-corrected chi connectivity index (χ2v) is 5.93. The number of ketones is 1. The predicted molar refractivity (Wildman–Crippen MR) is 77.8 cm³/mol. The van der Waals surface area contributed by atoms with Crippen LogP contribution >= 0.6 is 27.3 Å². The van der Waals surface area contributed by atoms with Crippen LogP contribution in [-0.2, 0) is 6.42 Å². The van der Waals surface area contributed by atoms with Crippen LogP contribution in [0.1, 0.15) is 20.8 Å². The zero-order valence-corrected chi connectivity index (χ0v) is 12.6. The summed E-state index contributed by atoms with van der Waals surface area (Å²) in [6.07, 6.45) is 0.433. The SMILES string of the molecule is COc1cc(C(=O)Cc2cc(Br)cs2)ccc1C. The molecule has 2 rings (SSSR count). The number of benzene rings is 1. The summed E-state index contributed by atoms with van der Waals surface area (Å²) < 4.78 is 6.26. The van der Waals surface area contributed by atoms with Gasteiger partial charge in [0.25, 0.3) is 0 Å². The highest BCUT2D eigenvalue weighted by Crippen LogP contribution is 2.23. The Hall–Kier alpha value is -1.13. The maximum atomic E-state index is 12.1. The molecule has 1 heterocycles. The summed E-state index contributed by atoms with van der Waals surface area (Å²) in [5.74, 6) is 0.871. The summed E-state index contributed by atoms with van der Waals surface area (Å²) in [6, 6.07) is 7.55. The largest absolute Gasteiger partial charge is 0.496 e. The maximum Gasteiger partial charge on any atom is 0.168 e. The molecule has 0 saturated carbocycles. The standard InChI is InChI=1S/C14H13BrO2S/c1-9-3-4-10(5-14(9)17-2)13(16)7-12-6-11(15)8-18-12/h3-6,8H,7H2,1-2H3. The van der Waals surface area contributed by atoms with Gasteiger partial charge in [0, 0.05) is 26.7 Å². The van der Waals surface area contributed by atoms with Crippen molar-refractivity contribution in [3.05, 3.63) is 50.1 Å². The Balaban J connectivity index is 2.18. The van der Waals surface area contributed by atoms with Crippen LogP contribution in [0.3, 0.4) is 0 Å². The molecule has 1 aromatic heterocycles. The average Bonchev–Trinajstić information content (AvgIpc) is 2.75. The first-order valence-electron chi connectivity index (χ1n) is 5.51. The number of rotatable bonds is 4. The van der Waals surface area contributed by atoms with Crippen LogP contribution in [0.5, 0.6) is 5.75 Å². The van der Waals surface area contributed by atoms with E-state index >= 15 is 0 Å². The van der Waals surface area contributed by atoms with Crippen LogP contribution in [0.15, 0.2) is 34.1 Å². The van der Waals surface area contributed by atoms with Crippen LogP contribution in [0.25, 0.3) is 0 Å². The van der Waals surface area contributed by atoms with Crippen molar-refractivity contribution in [2.75, 3.05) is 7.11 Å². The van der Waals surface area contributed by atoms with Crippen molar-refractivity contribution in [2.45, 2.75) is 13.3 Å². The molecule has 0 fully saturated rings. The van der Waals surface area contributed by atoms with Gasteiger partial charge in [0.05, 0.1) is 7.11 Å². The van der Waals surface area contributed by atoms with Crippen molar-refractivity contribution in [1.82, 2.24) is 0 Å². The van der Waals surface area contributed by atoms with Crippen molar-refractivity contribution in [1.29, 1.82) is 0 Å². The van der Waals surface area contributed by atoms with Gasteiger partial charge in [-0.1, -0.05) is 12.1 Å². The molecule has 0 aliphatic heterocycles. The fraction of sp³-hybridized carbons (Fsp3) is 0.214. The molecule has 0 aliphatic carbocycles. The van der Waals surface area contributed by atoms with E-state index in [1.54, 1.807) is 24.5 Å². The van der Waals surface area contributed by atoms with Crippen molar-refractivity contribution in [2.24, 2.45) is 0 Å². The number of ether oxygens (including phenoxy) is 1. The third kappa shape index (κ3) is 3.00. The third-order valence-electron chi connectivity index (χ3n) is 2.69. The normalized spacial score (nSPS) is 10.4. The van der Waals surface area contributed by atoms with E-state index in [0.717, 1.165) is 20.7 Å². The highest BCUT2D eigenvalue weighted by molar-refractivity contribution is 9.10. The number of aryl methyl sites for hydroxylation is 1. The molecular weight excluding hydrogens is 312 g/mol. The van der Waals surface area contributed by atoms with Crippen molar-refractivity contribution < 1.29 is 9.53 Å². The molecule has 18 heavy (non-hydrogen) atoms. The Labute approximate surface area is 119 Å². The van der Waals surface area contributed by atoms with Gasteiger partial charge in [-0.3, -0.25) is 4.79 Å². The second kappa shape index (κ2) is 5.67. The first-order valence-corrected chi connectivity index (χ1v) is 7.18. The number of Topliss-reactive ketones (excluding diaryl/α,β-unsaturated/α-hetero) is 1. The number of hydrogen-bond acceptors (Lipinski definition) is 3. The van der Waals surface area contributed by atoms with E-state index in [4.69, 9.17) is 4.74 Å². The lowest BCUT2D eigenvalue weighted by Gasteiger charge is -2.06. The first-order chi connectivity index (χ1) is 8.60. The van der Waals surface area contributed by atoms with Crippen LogP contribution in [-0.4, -0.2) is 12.9 Å². The third-order valence-corrected chi connectivity index (χ3v) is 4.38. The number of halogens is 1. The van der Waals surface area contributed by atoms with Gasteiger partial charge >= 0.3 is 0 Å². The summed E-state index contributed by atoms with van der Waals surface area (Å²) in [5.41, 5.74) is 1.73. The Morgan fingerprint density at radius 1 is 1.39 bits per heavy atom. The molecule has 4 heteroatoms. The van der Waals surface area contributed by atoms with Crippen LogP contribution < -0.4 is 4.74 Å². The van der Waals surface area contributed by atoms with E-state index in [0.29, 0.717) is 12.0 Å². The minimum atomic E-state index is 0.114. The molecule has 0 saturated heterocycles. The monoisotopic (exact) mass is 324 g/mol. The van der Waals surface area contributed by atoms with Crippen LogP contribution in [0.2, 0.25) is 0 Å². The fourth-order valence-corrected chi connectivity index (χ4v) is 3.15. The minimum Gasteiger partial charge on any atom is -0.496 e. The van der Waals surface area contributed by atoms with Gasteiger partial charge in [-0.25, -0.2) is 0 Å². The van der Waals surface area contributed by atoms with E-state index < -0.39 is 0 Å². The van der Waals surface area contributed by atoms with Crippen LogP contribution in [0, 0.1) is 6.92 Å². The molecule has 0 aliphatic rings. The summed E-state index contributed by atoms with van der Waals surface area (Å²) >= 11 is 4.98. The highest BCUT2D eigenvalue weighted by Gasteiger charge is 2.10. The Bertz CT molecular complexity index is 575. The van der Waals surface area contributed by atoms with Crippen LogP contribution in [0.4, 0.5) is 0 Å². The van der Waals surface area contributed by atoms with E-state index in [9.17, 15) is 4.79 Å². The van der Waals surface area contributed by atoms with E-state index in [1.807, 2.05) is 30.5 Å². The Kier molecular flexibility index (Phi) is 4.19. The number of hydrogen-bond donors (Lipinski definition) is 0. The van der Waals surface area contributed by atoms with E-state index in [2.05, 4.69) is 15.9 Å². The molecule has 0 N–H and O–H groups in total. The van der Waals surface area contributed by atoms with E-state index in [1.165, 1.54) is 0 Å². The molecule has 1 aromatic carbocycles. The molecule has 0 atom stereocenters. The van der Waals surface area contributed by atoms with Crippen molar-refractivity contribution in [3.8, 4) is 5.75 Å². The smallest absolute Gasteiger partial charge is 0.168 e. The summed E-state index contributed by atoms with van der Waals surface area (Å²) in [4.78, 5) is 13.2. The predicted octanol–water partition coefficient (Wildman–Crippen LogP) is 4.25.